The van der Waals surface area contributed by atoms with E-state index in [1.165, 1.54) is 4.68 Å². The molecule has 0 radical (unpaired) electrons. The number of rotatable bonds is 2. The molecule has 1 aromatic heterocycles. The van der Waals surface area contributed by atoms with Gasteiger partial charge in [-0.25, -0.2) is 0 Å². The van der Waals surface area contributed by atoms with Crippen LogP contribution in [0.4, 0.5) is 5.69 Å². The maximum absolute atomic E-state index is 11.9. The highest BCUT2D eigenvalue weighted by Crippen LogP contribution is 2.18. The van der Waals surface area contributed by atoms with E-state index in [1.54, 1.807) is 13.2 Å². The van der Waals surface area contributed by atoms with E-state index in [2.05, 4.69) is 15.6 Å². The van der Waals surface area contributed by atoms with E-state index >= 15 is 0 Å². The number of benzene rings is 1. The molecule has 0 saturated heterocycles. The van der Waals surface area contributed by atoms with E-state index < -0.39 is 0 Å². The van der Waals surface area contributed by atoms with E-state index in [4.69, 9.17) is 0 Å². The molecule has 0 aliphatic heterocycles. The normalized spacial score (nSPS) is 10.3. The van der Waals surface area contributed by atoms with Gasteiger partial charge in [0.15, 0.2) is 5.69 Å². The lowest BCUT2D eigenvalue weighted by atomic mass is 10.1. The zero-order valence-electron chi connectivity index (χ0n) is 10.1. The van der Waals surface area contributed by atoms with Crippen molar-refractivity contribution >= 4 is 11.6 Å². The van der Waals surface area contributed by atoms with Gasteiger partial charge in [-0.2, -0.15) is 0 Å². The SMILES string of the molecule is Cc1cccc(NC(=O)c2cn(C)nn2)c1C. The fourth-order valence-corrected chi connectivity index (χ4v) is 1.52. The molecule has 1 amide bonds. The van der Waals surface area contributed by atoms with Crippen molar-refractivity contribution in [2.75, 3.05) is 5.32 Å². The summed E-state index contributed by atoms with van der Waals surface area (Å²) in [5, 5.41) is 10.3. The number of aryl methyl sites for hydroxylation is 2. The zero-order chi connectivity index (χ0) is 12.4. The van der Waals surface area contributed by atoms with E-state index in [0.29, 0.717) is 5.69 Å². The topological polar surface area (TPSA) is 59.8 Å². The Bertz CT molecular complexity index is 559. The predicted octanol–water partition coefficient (Wildman–Crippen LogP) is 1.68. The lowest BCUT2D eigenvalue weighted by Gasteiger charge is -2.08. The Hall–Kier alpha value is -2.17. The first kappa shape index (κ1) is 11.3. The van der Waals surface area contributed by atoms with Crippen molar-refractivity contribution in [2.24, 2.45) is 7.05 Å². The molecule has 5 nitrogen and oxygen atoms in total. The Labute approximate surface area is 99.5 Å². The van der Waals surface area contributed by atoms with Gasteiger partial charge < -0.3 is 5.32 Å². The predicted molar refractivity (Wildman–Crippen MR) is 64.9 cm³/mol. The van der Waals surface area contributed by atoms with E-state index in [9.17, 15) is 4.79 Å². The van der Waals surface area contributed by atoms with Crippen LogP contribution < -0.4 is 5.32 Å². The summed E-state index contributed by atoms with van der Waals surface area (Å²) in [7, 11) is 1.72. The molecular weight excluding hydrogens is 216 g/mol. The van der Waals surface area contributed by atoms with Gasteiger partial charge in [-0.15, -0.1) is 5.10 Å². The number of nitrogens with one attached hydrogen (secondary N) is 1. The molecule has 0 bridgehead atoms. The molecule has 0 saturated carbocycles. The van der Waals surface area contributed by atoms with Gasteiger partial charge in [0.25, 0.3) is 5.91 Å². The maximum Gasteiger partial charge on any atom is 0.277 e. The van der Waals surface area contributed by atoms with Gasteiger partial charge in [-0.1, -0.05) is 17.3 Å². The zero-order valence-corrected chi connectivity index (χ0v) is 10.1. The third-order valence-electron chi connectivity index (χ3n) is 2.69. The monoisotopic (exact) mass is 230 g/mol. The van der Waals surface area contributed by atoms with Gasteiger partial charge in [-0.3, -0.25) is 9.48 Å². The fourth-order valence-electron chi connectivity index (χ4n) is 1.52. The van der Waals surface area contributed by atoms with Gasteiger partial charge in [-0.05, 0) is 31.0 Å². The van der Waals surface area contributed by atoms with Crippen LogP contribution in [-0.4, -0.2) is 20.9 Å². The first-order valence-corrected chi connectivity index (χ1v) is 5.32. The molecule has 88 valence electrons. The number of anilines is 1. The number of amides is 1. The third kappa shape index (κ3) is 2.33. The van der Waals surface area contributed by atoms with Crippen LogP contribution in [0.15, 0.2) is 24.4 Å². The molecular formula is C12H14N4O. The van der Waals surface area contributed by atoms with Crippen LogP contribution in [-0.2, 0) is 7.05 Å². The van der Waals surface area contributed by atoms with E-state index in [-0.39, 0.29) is 5.91 Å². The molecule has 1 aromatic carbocycles. The third-order valence-corrected chi connectivity index (χ3v) is 2.69. The quantitative estimate of drug-likeness (QED) is 0.854. The number of carbonyl (C=O) groups excluding carboxylic acids is 1. The van der Waals surface area contributed by atoms with Crippen LogP contribution in [0.2, 0.25) is 0 Å². The van der Waals surface area contributed by atoms with Gasteiger partial charge in [0.2, 0.25) is 0 Å². The smallest absolute Gasteiger partial charge is 0.277 e. The molecule has 0 atom stereocenters. The van der Waals surface area contributed by atoms with Crippen LogP contribution in [0.1, 0.15) is 21.6 Å². The number of aromatic nitrogens is 3. The van der Waals surface area contributed by atoms with E-state index in [1.807, 2.05) is 32.0 Å². The molecule has 2 rings (SSSR count). The van der Waals surface area contributed by atoms with Crippen LogP contribution in [0, 0.1) is 13.8 Å². The van der Waals surface area contributed by atoms with Crippen molar-refractivity contribution in [3.63, 3.8) is 0 Å². The summed E-state index contributed by atoms with van der Waals surface area (Å²) in [4.78, 5) is 11.9. The number of hydrogen-bond acceptors (Lipinski definition) is 3. The van der Waals surface area contributed by atoms with E-state index in [0.717, 1.165) is 16.8 Å². The molecule has 0 unspecified atom stereocenters. The number of carbonyl (C=O) groups is 1. The lowest BCUT2D eigenvalue weighted by molar-refractivity contribution is 0.102. The molecule has 1 N–H and O–H groups in total. The van der Waals surface area contributed by atoms with Crippen molar-refractivity contribution in [1.29, 1.82) is 0 Å². The highest BCUT2D eigenvalue weighted by molar-refractivity contribution is 6.03. The molecule has 0 aliphatic rings. The number of nitrogens with zero attached hydrogens (tertiary/aromatic N) is 3. The molecule has 0 aliphatic carbocycles. The Kier molecular flexibility index (Phi) is 2.91. The summed E-state index contributed by atoms with van der Waals surface area (Å²) >= 11 is 0. The van der Waals surface area contributed by atoms with Crippen molar-refractivity contribution in [3.8, 4) is 0 Å². The van der Waals surface area contributed by atoms with Gasteiger partial charge in [0.05, 0.1) is 6.20 Å². The van der Waals surface area contributed by atoms with Crippen molar-refractivity contribution in [3.05, 3.63) is 41.2 Å². The second kappa shape index (κ2) is 4.37. The first-order chi connectivity index (χ1) is 8.08. The minimum Gasteiger partial charge on any atom is -0.320 e. The van der Waals surface area contributed by atoms with Crippen molar-refractivity contribution < 1.29 is 4.79 Å². The average molecular weight is 230 g/mol. The van der Waals surface area contributed by atoms with Gasteiger partial charge in [0.1, 0.15) is 0 Å². The maximum atomic E-state index is 11.9. The van der Waals surface area contributed by atoms with Gasteiger partial charge >= 0.3 is 0 Å². The van der Waals surface area contributed by atoms with Crippen LogP contribution in [0.3, 0.4) is 0 Å². The second-order valence-electron chi connectivity index (χ2n) is 3.98. The molecule has 5 heteroatoms. The fraction of sp³-hybridized carbons (Fsp3) is 0.250. The molecule has 1 heterocycles. The minimum atomic E-state index is -0.244. The summed E-state index contributed by atoms with van der Waals surface area (Å²) in [5.41, 5.74) is 3.32. The minimum absolute atomic E-state index is 0.244. The van der Waals surface area contributed by atoms with Crippen molar-refractivity contribution in [1.82, 2.24) is 15.0 Å². The Morgan fingerprint density at radius 3 is 2.76 bits per heavy atom. The second-order valence-corrected chi connectivity index (χ2v) is 3.98. The molecule has 2 aromatic rings. The van der Waals surface area contributed by atoms with Crippen LogP contribution >= 0.6 is 0 Å². The Morgan fingerprint density at radius 1 is 1.35 bits per heavy atom. The summed E-state index contributed by atoms with van der Waals surface area (Å²) < 4.78 is 1.50. The molecule has 0 spiro atoms. The molecule has 0 fully saturated rings. The largest absolute Gasteiger partial charge is 0.320 e. The summed E-state index contributed by atoms with van der Waals surface area (Å²) in [6, 6.07) is 5.79. The molecule has 17 heavy (non-hydrogen) atoms. The van der Waals surface area contributed by atoms with Crippen LogP contribution in [0.5, 0.6) is 0 Å². The summed E-state index contributed by atoms with van der Waals surface area (Å²) in [6.45, 7) is 3.98. The first-order valence-electron chi connectivity index (χ1n) is 5.32. The standard InChI is InChI=1S/C12H14N4O/c1-8-5-4-6-10(9(8)2)13-12(17)11-7-16(3)15-14-11/h4-7H,1-3H3,(H,13,17). The summed E-state index contributed by atoms with van der Waals surface area (Å²) in [5.74, 6) is -0.244. The van der Waals surface area contributed by atoms with Crippen molar-refractivity contribution in [2.45, 2.75) is 13.8 Å². The van der Waals surface area contributed by atoms with Gasteiger partial charge in [0, 0.05) is 12.7 Å². The summed E-state index contributed by atoms with van der Waals surface area (Å²) in [6.07, 6.45) is 1.58. The highest BCUT2D eigenvalue weighted by atomic mass is 16.2. The lowest BCUT2D eigenvalue weighted by Crippen LogP contribution is -2.13. The highest BCUT2D eigenvalue weighted by Gasteiger charge is 2.11. The average Bonchev–Trinajstić information content (AvgIpc) is 2.72. The Morgan fingerprint density at radius 2 is 2.12 bits per heavy atom. The van der Waals surface area contributed by atoms with Crippen LogP contribution in [0.25, 0.3) is 0 Å². The number of hydrogen-bond donors (Lipinski definition) is 1. The Balaban J connectivity index is 2.21.